The lowest BCUT2D eigenvalue weighted by atomic mass is 9.98. The highest BCUT2D eigenvalue weighted by Gasteiger charge is 2.24. The van der Waals surface area contributed by atoms with E-state index >= 15 is 0 Å². The molecule has 0 aliphatic rings. The van der Waals surface area contributed by atoms with Crippen LogP contribution >= 0.6 is 11.3 Å². The second-order valence-electron chi connectivity index (χ2n) is 8.35. The Labute approximate surface area is 193 Å². The van der Waals surface area contributed by atoms with E-state index in [9.17, 15) is 9.59 Å². The standard InChI is InChI=1S/C22H23N7O3S/c1-12(30)24-20-25-16-10-9-15(11-17(16)26-20)32-14-7-5-13(6-8-14)29(19(23)31)21-28-27-18(33-21)22(2,3)4/h5-11H,1-4H3,(H2,23,31)(H2,24,25,26,30). The van der Waals surface area contributed by atoms with Crippen LogP contribution in [0.4, 0.5) is 21.6 Å². The van der Waals surface area contributed by atoms with Gasteiger partial charge < -0.3 is 15.5 Å². The molecule has 0 fully saturated rings. The Morgan fingerprint density at radius 2 is 1.79 bits per heavy atom. The van der Waals surface area contributed by atoms with Crippen LogP contribution < -0.4 is 20.7 Å². The van der Waals surface area contributed by atoms with Crippen molar-refractivity contribution < 1.29 is 14.3 Å². The SMILES string of the molecule is CC(=O)Nc1nc2cc(Oc3ccc(N(C(N)=O)c4nnc(C(C)(C)C)s4)cc3)ccc2[nH]1. The second kappa shape index (κ2) is 8.51. The summed E-state index contributed by atoms with van der Waals surface area (Å²) in [6.45, 7) is 7.50. The number of carbonyl (C=O) groups is 2. The van der Waals surface area contributed by atoms with Crippen LogP contribution in [0.3, 0.4) is 0 Å². The van der Waals surface area contributed by atoms with E-state index in [-0.39, 0.29) is 11.3 Å². The van der Waals surface area contributed by atoms with Crippen LogP contribution in [0.2, 0.25) is 0 Å². The number of aromatic amines is 1. The van der Waals surface area contributed by atoms with Crippen molar-refractivity contribution in [2.24, 2.45) is 5.73 Å². The van der Waals surface area contributed by atoms with Gasteiger partial charge in [-0.25, -0.2) is 14.7 Å². The summed E-state index contributed by atoms with van der Waals surface area (Å²) in [5.74, 6) is 1.30. The topological polar surface area (TPSA) is 139 Å². The van der Waals surface area contributed by atoms with Gasteiger partial charge in [0.05, 0.1) is 16.7 Å². The molecule has 2 aromatic heterocycles. The van der Waals surface area contributed by atoms with Crippen molar-refractivity contribution in [2.75, 3.05) is 10.2 Å². The van der Waals surface area contributed by atoms with Gasteiger partial charge in [-0.3, -0.25) is 10.1 Å². The molecule has 0 aliphatic carbocycles. The quantitative estimate of drug-likeness (QED) is 0.391. The number of anilines is 3. The molecule has 11 heteroatoms. The zero-order valence-corrected chi connectivity index (χ0v) is 19.4. The minimum atomic E-state index is -0.653. The average Bonchev–Trinajstić information content (AvgIpc) is 3.35. The average molecular weight is 466 g/mol. The maximum absolute atomic E-state index is 12.1. The Bertz CT molecular complexity index is 1320. The van der Waals surface area contributed by atoms with Gasteiger partial charge in [-0.15, -0.1) is 10.2 Å². The van der Waals surface area contributed by atoms with Gasteiger partial charge in [-0.1, -0.05) is 32.1 Å². The summed E-state index contributed by atoms with van der Waals surface area (Å²) >= 11 is 1.32. The first-order valence-electron chi connectivity index (χ1n) is 10.1. The number of nitrogens with zero attached hydrogens (tertiary/aromatic N) is 4. The predicted molar refractivity (Wildman–Crippen MR) is 127 cm³/mol. The smallest absolute Gasteiger partial charge is 0.325 e. The highest BCUT2D eigenvalue weighted by Crippen LogP contribution is 2.34. The van der Waals surface area contributed by atoms with Crippen molar-refractivity contribution >= 4 is 51.1 Å². The van der Waals surface area contributed by atoms with Crippen molar-refractivity contribution in [2.45, 2.75) is 33.1 Å². The number of fused-ring (bicyclic) bond motifs is 1. The van der Waals surface area contributed by atoms with E-state index in [0.717, 1.165) is 10.5 Å². The molecule has 0 aliphatic heterocycles. The summed E-state index contributed by atoms with van der Waals surface area (Å²) < 4.78 is 5.93. The first-order valence-corrected chi connectivity index (χ1v) is 10.9. The van der Waals surface area contributed by atoms with Gasteiger partial charge in [0, 0.05) is 18.4 Å². The Morgan fingerprint density at radius 1 is 1.09 bits per heavy atom. The number of ether oxygens (including phenoxy) is 1. The molecule has 2 heterocycles. The fourth-order valence-corrected chi connectivity index (χ4v) is 3.94. The molecule has 4 N–H and O–H groups in total. The number of aromatic nitrogens is 4. The lowest BCUT2D eigenvalue weighted by molar-refractivity contribution is -0.114. The maximum atomic E-state index is 12.1. The molecule has 2 aromatic carbocycles. The number of urea groups is 1. The number of H-pyrrole nitrogens is 1. The molecule has 170 valence electrons. The molecule has 0 unspecified atom stereocenters. The fourth-order valence-electron chi connectivity index (χ4n) is 3.02. The zero-order valence-electron chi connectivity index (χ0n) is 18.5. The summed E-state index contributed by atoms with van der Waals surface area (Å²) in [5, 5.41) is 12.2. The van der Waals surface area contributed by atoms with Gasteiger partial charge in [-0.05, 0) is 36.4 Å². The summed E-state index contributed by atoms with van der Waals surface area (Å²) in [5.41, 5.74) is 7.41. The normalized spacial score (nSPS) is 11.4. The lowest BCUT2D eigenvalue weighted by Crippen LogP contribution is -2.31. The molecule has 0 atom stereocenters. The molecule has 3 amide bonds. The Kier molecular flexibility index (Phi) is 5.73. The summed E-state index contributed by atoms with van der Waals surface area (Å²) in [7, 11) is 0. The zero-order chi connectivity index (χ0) is 23.8. The van der Waals surface area contributed by atoms with Gasteiger partial charge in [0.15, 0.2) is 0 Å². The predicted octanol–water partition coefficient (Wildman–Crippen LogP) is 4.68. The Hall–Kier alpha value is -3.99. The van der Waals surface area contributed by atoms with Crippen molar-refractivity contribution in [1.82, 2.24) is 20.2 Å². The van der Waals surface area contributed by atoms with E-state index in [1.165, 1.54) is 23.2 Å². The van der Waals surface area contributed by atoms with E-state index in [1.54, 1.807) is 36.4 Å². The van der Waals surface area contributed by atoms with Crippen molar-refractivity contribution in [3.05, 3.63) is 47.5 Å². The minimum Gasteiger partial charge on any atom is -0.457 e. The third kappa shape index (κ3) is 4.93. The monoisotopic (exact) mass is 465 g/mol. The fraction of sp³-hybridized carbons (Fsp3) is 0.227. The molecule has 0 bridgehead atoms. The lowest BCUT2D eigenvalue weighted by Gasteiger charge is -2.17. The van der Waals surface area contributed by atoms with E-state index in [1.807, 2.05) is 26.8 Å². The first-order chi connectivity index (χ1) is 15.6. The molecule has 10 nitrogen and oxygen atoms in total. The third-order valence-corrected chi connectivity index (χ3v) is 5.88. The van der Waals surface area contributed by atoms with Gasteiger partial charge in [0.2, 0.25) is 17.0 Å². The molecule has 0 saturated carbocycles. The number of benzene rings is 2. The maximum Gasteiger partial charge on any atom is 0.325 e. The number of primary amides is 1. The van der Waals surface area contributed by atoms with E-state index in [0.29, 0.717) is 33.8 Å². The molecule has 4 rings (SSSR count). The molecule has 0 spiro atoms. The molecule has 4 aromatic rings. The van der Waals surface area contributed by atoms with Crippen LogP contribution in [-0.2, 0) is 10.2 Å². The van der Waals surface area contributed by atoms with E-state index in [2.05, 4.69) is 25.5 Å². The third-order valence-electron chi connectivity index (χ3n) is 4.55. The molecule has 33 heavy (non-hydrogen) atoms. The number of amides is 3. The van der Waals surface area contributed by atoms with E-state index in [4.69, 9.17) is 10.5 Å². The number of hydrogen-bond acceptors (Lipinski definition) is 7. The molecular weight excluding hydrogens is 442 g/mol. The van der Waals surface area contributed by atoms with Gasteiger partial charge in [-0.2, -0.15) is 0 Å². The Balaban J connectivity index is 1.54. The van der Waals surface area contributed by atoms with Crippen molar-refractivity contribution in [1.29, 1.82) is 0 Å². The Morgan fingerprint density at radius 3 is 2.39 bits per heavy atom. The largest absolute Gasteiger partial charge is 0.457 e. The summed E-state index contributed by atoms with van der Waals surface area (Å²) in [6.07, 6.45) is 0. The van der Waals surface area contributed by atoms with Crippen LogP contribution in [0.25, 0.3) is 11.0 Å². The molecule has 0 radical (unpaired) electrons. The van der Waals surface area contributed by atoms with Crippen LogP contribution in [-0.4, -0.2) is 32.1 Å². The van der Waals surface area contributed by atoms with E-state index < -0.39 is 6.03 Å². The summed E-state index contributed by atoms with van der Waals surface area (Å²) in [4.78, 5) is 32.0. The van der Waals surface area contributed by atoms with Crippen LogP contribution in [0.15, 0.2) is 42.5 Å². The number of nitrogens with one attached hydrogen (secondary N) is 2. The number of nitrogens with two attached hydrogens (primary N) is 1. The number of imidazole rings is 1. The van der Waals surface area contributed by atoms with Crippen LogP contribution in [0.5, 0.6) is 11.5 Å². The van der Waals surface area contributed by atoms with Crippen LogP contribution in [0.1, 0.15) is 32.7 Å². The highest BCUT2D eigenvalue weighted by atomic mass is 32.1. The number of carbonyl (C=O) groups excluding carboxylic acids is 2. The first kappa shape index (κ1) is 22.2. The van der Waals surface area contributed by atoms with Crippen molar-refractivity contribution in [3.63, 3.8) is 0 Å². The molecular formula is C22H23N7O3S. The molecule has 0 saturated heterocycles. The number of hydrogen-bond donors (Lipinski definition) is 3. The minimum absolute atomic E-state index is 0.185. The van der Waals surface area contributed by atoms with Gasteiger partial charge >= 0.3 is 6.03 Å². The van der Waals surface area contributed by atoms with Gasteiger partial charge in [0.1, 0.15) is 16.5 Å². The van der Waals surface area contributed by atoms with Gasteiger partial charge in [0.25, 0.3) is 0 Å². The second-order valence-corrected chi connectivity index (χ2v) is 9.31. The highest BCUT2D eigenvalue weighted by molar-refractivity contribution is 7.15. The summed E-state index contributed by atoms with van der Waals surface area (Å²) in [6, 6.07) is 11.6. The number of rotatable bonds is 5. The van der Waals surface area contributed by atoms with Crippen LogP contribution in [0, 0.1) is 0 Å². The van der Waals surface area contributed by atoms with Crippen molar-refractivity contribution in [3.8, 4) is 11.5 Å².